The molecule has 1 atom stereocenters. The number of hydrogen-bond donors (Lipinski definition) is 1. The van der Waals surface area contributed by atoms with Crippen molar-refractivity contribution in [1.29, 1.82) is 0 Å². The Bertz CT molecular complexity index is 335. The Hall–Kier alpha value is -1.20. The van der Waals surface area contributed by atoms with Gasteiger partial charge in [-0.05, 0) is 19.4 Å². The fourth-order valence-corrected chi connectivity index (χ4v) is 1.90. The van der Waals surface area contributed by atoms with Crippen molar-refractivity contribution in [3.63, 3.8) is 0 Å². The summed E-state index contributed by atoms with van der Waals surface area (Å²) in [5, 5.41) is 3.31. The standard InChI is InChI=1S/C12H20N4O/c1-10-7-13-12(14-8-10)15-11(2)9-16-3-5-17-6-4-16/h7-8,11H,3-6,9H2,1-2H3,(H,13,14,15). The van der Waals surface area contributed by atoms with Gasteiger partial charge < -0.3 is 10.1 Å². The highest BCUT2D eigenvalue weighted by molar-refractivity contribution is 5.25. The van der Waals surface area contributed by atoms with E-state index in [0.29, 0.717) is 12.0 Å². The lowest BCUT2D eigenvalue weighted by Gasteiger charge is -2.29. The van der Waals surface area contributed by atoms with Gasteiger partial charge in [0.1, 0.15) is 0 Å². The lowest BCUT2D eigenvalue weighted by atomic mass is 10.3. The fraction of sp³-hybridized carbons (Fsp3) is 0.667. The van der Waals surface area contributed by atoms with E-state index >= 15 is 0 Å². The molecular weight excluding hydrogens is 216 g/mol. The smallest absolute Gasteiger partial charge is 0.222 e. The Morgan fingerprint density at radius 1 is 1.35 bits per heavy atom. The summed E-state index contributed by atoms with van der Waals surface area (Å²) in [6, 6.07) is 0.343. The number of ether oxygens (including phenoxy) is 1. The van der Waals surface area contributed by atoms with Crippen LogP contribution in [-0.2, 0) is 4.74 Å². The molecule has 0 radical (unpaired) electrons. The van der Waals surface area contributed by atoms with Gasteiger partial charge in [0, 0.05) is 38.1 Å². The molecule has 94 valence electrons. The molecule has 1 aliphatic heterocycles. The Labute approximate surface area is 102 Å². The second kappa shape index (κ2) is 5.93. The van der Waals surface area contributed by atoms with Crippen LogP contribution < -0.4 is 5.32 Å². The zero-order valence-corrected chi connectivity index (χ0v) is 10.5. The summed E-state index contributed by atoms with van der Waals surface area (Å²) in [7, 11) is 0. The third-order valence-electron chi connectivity index (χ3n) is 2.79. The number of nitrogens with zero attached hydrogens (tertiary/aromatic N) is 3. The van der Waals surface area contributed by atoms with Gasteiger partial charge in [-0.15, -0.1) is 0 Å². The van der Waals surface area contributed by atoms with Crippen molar-refractivity contribution in [1.82, 2.24) is 14.9 Å². The number of anilines is 1. The van der Waals surface area contributed by atoms with E-state index in [2.05, 4.69) is 27.1 Å². The van der Waals surface area contributed by atoms with Crippen molar-refractivity contribution in [2.45, 2.75) is 19.9 Å². The van der Waals surface area contributed by atoms with Crippen LogP contribution in [0.2, 0.25) is 0 Å². The van der Waals surface area contributed by atoms with Crippen molar-refractivity contribution in [2.24, 2.45) is 0 Å². The van der Waals surface area contributed by atoms with Crippen LogP contribution in [0.25, 0.3) is 0 Å². The Balaban J connectivity index is 1.79. The molecule has 1 unspecified atom stereocenters. The Kier molecular flexibility index (Phi) is 4.28. The van der Waals surface area contributed by atoms with E-state index in [9.17, 15) is 0 Å². The second-order valence-electron chi connectivity index (χ2n) is 4.54. The molecule has 17 heavy (non-hydrogen) atoms. The molecule has 1 aromatic rings. The van der Waals surface area contributed by atoms with Crippen LogP contribution in [0.3, 0.4) is 0 Å². The summed E-state index contributed by atoms with van der Waals surface area (Å²) in [5.41, 5.74) is 1.08. The highest BCUT2D eigenvalue weighted by Gasteiger charge is 2.13. The van der Waals surface area contributed by atoms with Crippen LogP contribution in [0, 0.1) is 6.92 Å². The first-order valence-corrected chi connectivity index (χ1v) is 6.09. The van der Waals surface area contributed by atoms with Crippen LogP contribution in [-0.4, -0.2) is 53.8 Å². The molecule has 2 heterocycles. The van der Waals surface area contributed by atoms with E-state index in [1.54, 1.807) is 0 Å². The first-order valence-electron chi connectivity index (χ1n) is 6.09. The van der Waals surface area contributed by atoms with Gasteiger partial charge in [0.15, 0.2) is 0 Å². The molecule has 2 rings (SSSR count). The number of aromatic nitrogens is 2. The summed E-state index contributed by atoms with van der Waals surface area (Å²) in [6.07, 6.45) is 3.66. The van der Waals surface area contributed by atoms with Crippen molar-refractivity contribution in [2.75, 3.05) is 38.2 Å². The maximum absolute atomic E-state index is 5.33. The molecule has 1 aliphatic rings. The maximum Gasteiger partial charge on any atom is 0.222 e. The topological polar surface area (TPSA) is 50.3 Å². The van der Waals surface area contributed by atoms with Gasteiger partial charge in [-0.2, -0.15) is 0 Å². The average Bonchev–Trinajstić information content (AvgIpc) is 2.33. The van der Waals surface area contributed by atoms with Crippen molar-refractivity contribution in [3.05, 3.63) is 18.0 Å². The highest BCUT2D eigenvalue weighted by Crippen LogP contribution is 2.04. The molecule has 1 fully saturated rings. The lowest BCUT2D eigenvalue weighted by Crippen LogP contribution is -2.42. The van der Waals surface area contributed by atoms with Crippen molar-refractivity contribution < 1.29 is 4.74 Å². The maximum atomic E-state index is 5.33. The van der Waals surface area contributed by atoms with E-state index in [1.165, 1.54) is 0 Å². The predicted molar refractivity (Wildman–Crippen MR) is 67.1 cm³/mol. The van der Waals surface area contributed by atoms with Gasteiger partial charge >= 0.3 is 0 Å². The SMILES string of the molecule is Cc1cnc(NC(C)CN2CCOCC2)nc1. The number of hydrogen-bond acceptors (Lipinski definition) is 5. The molecule has 5 nitrogen and oxygen atoms in total. The molecule has 0 saturated carbocycles. The summed E-state index contributed by atoms with van der Waals surface area (Å²) >= 11 is 0. The molecule has 0 amide bonds. The van der Waals surface area contributed by atoms with Crippen molar-refractivity contribution in [3.8, 4) is 0 Å². The first kappa shape index (κ1) is 12.3. The summed E-state index contributed by atoms with van der Waals surface area (Å²) in [4.78, 5) is 10.9. The molecule has 1 N–H and O–H groups in total. The fourth-order valence-electron chi connectivity index (χ4n) is 1.90. The molecule has 5 heteroatoms. The molecule has 0 spiro atoms. The molecule has 0 bridgehead atoms. The van der Waals surface area contributed by atoms with Crippen LogP contribution in [0.5, 0.6) is 0 Å². The van der Waals surface area contributed by atoms with Gasteiger partial charge in [-0.25, -0.2) is 9.97 Å². The molecular formula is C12H20N4O. The van der Waals surface area contributed by atoms with E-state index in [0.717, 1.165) is 38.4 Å². The van der Waals surface area contributed by atoms with Crippen molar-refractivity contribution >= 4 is 5.95 Å². The summed E-state index contributed by atoms with van der Waals surface area (Å²) in [5.74, 6) is 0.705. The Morgan fingerprint density at radius 3 is 2.65 bits per heavy atom. The molecule has 0 aliphatic carbocycles. The molecule has 0 aromatic carbocycles. The monoisotopic (exact) mass is 236 g/mol. The number of morpholine rings is 1. The van der Waals surface area contributed by atoms with Gasteiger partial charge in [0.2, 0.25) is 5.95 Å². The van der Waals surface area contributed by atoms with Crippen LogP contribution >= 0.6 is 0 Å². The minimum absolute atomic E-state index is 0.343. The minimum Gasteiger partial charge on any atom is -0.379 e. The van der Waals surface area contributed by atoms with E-state index < -0.39 is 0 Å². The second-order valence-corrected chi connectivity index (χ2v) is 4.54. The molecule has 1 saturated heterocycles. The van der Waals surface area contributed by atoms with Gasteiger partial charge in [0.25, 0.3) is 0 Å². The van der Waals surface area contributed by atoms with Gasteiger partial charge in [-0.1, -0.05) is 0 Å². The molecule has 1 aromatic heterocycles. The number of nitrogens with one attached hydrogen (secondary N) is 1. The minimum atomic E-state index is 0.343. The van der Waals surface area contributed by atoms with E-state index in [1.807, 2.05) is 19.3 Å². The van der Waals surface area contributed by atoms with E-state index in [4.69, 9.17) is 4.74 Å². The number of aryl methyl sites for hydroxylation is 1. The van der Waals surface area contributed by atoms with Crippen LogP contribution in [0.15, 0.2) is 12.4 Å². The van der Waals surface area contributed by atoms with Crippen LogP contribution in [0.1, 0.15) is 12.5 Å². The van der Waals surface area contributed by atoms with E-state index in [-0.39, 0.29) is 0 Å². The number of rotatable bonds is 4. The largest absolute Gasteiger partial charge is 0.379 e. The van der Waals surface area contributed by atoms with Crippen LogP contribution in [0.4, 0.5) is 5.95 Å². The average molecular weight is 236 g/mol. The Morgan fingerprint density at radius 2 is 2.00 bits per heavy atom. The highest BCUT2D eigenvalue weighted by atomic mass is 16.5. The first-order chi connectivity index (χ1) is 8.24. The lowest BCUT2D eigenvalue weighted by molar-refractivity contribution is 0.0368. The summed E-state index contributed by atoms with van der Waals surface area (Å²) in [6.45, 7) is 8.85. The third kappa shape index (κ3) is 3.94. The van der Waals surface area contributed by atoms with Gasteiger partial charge in [-0.3, -0.25) is 4.90 Å². The quantitative estimate of drug-likeness (QED) is 0.842. The van der Waals surface area contributed by atoms with Gasteiger partial charge in [0.05, 0.1) is 13.2 Å². The predicted octanol–water partition coefficient (Wildman–Crippen LogP) is 0.918. The zero-order chi connectivity index (χ0) is 12.1. The third-order valence-corrected chi connectivity index (χ3v) is 2.79. The normalized spacial score (nSPS) is 18.9. The zero-order valence-electron chi connectivity index (χ0n) is 10.5. The summed E-state index contributed by atoms with van der Waals surface area (Å²) < 4.78 is 5.33.